The Morgan fingerprint density at radius 1 is 1.35 bits per heavy atom. The molecule has 140 valence electrons. The Kier molecular flexibility index (Phi) is 6.18. The van der Waals surface area contributed by atoms with Crippen LogP contribution in [0, 0.1) is 18.8 Å². The predicted molar refractivity (Wildman–Crippen MR) is 107 cm³/mol. The summed E-state index contributed by atoms with van der Waals surface area (Å²) in [5.41, 5.74) is -0.937. The number of likely N-dealkylation sites (tertiary alicyclic amines) is 1. The summed E-state index contributed by atoms with van der Waals surface area (Å²) in [6, 6.07) is 4.90. The third-order valence-electron chi connectivity index (χ3n) is 4.89. The molecular weight excluding hydrogens is 342 g/mol. The smallest absolute Gasteiger partial charge is 0.120 e. The quantitative estimate of drug-likeness (QED) is 0.813. The average molecular weight is 372 g/mol. The first kappa shape index (κ1) is 19.2. The molecule has 0 aliphatic carbocycles. The molecule has 3 rings (SSSR count). The largest absolute Gasteiger partial charge is 0.378 e. The molecule has 0 aromatic carbocycles. The highest BCUT2D eigenvalue weighted by atomic mass is 32.1. The fourth-order valence-corrected chi connectivity index (χ4v) is 4.36. The molecule has 1 unspecified atom stereocenters. The standard InChI is InChI=1S/C21H29N3OS/c1-17-22-12-15-23(17)14-10-18-6-4-5-13-24(18)16-20-8-7-19(26-20)9-11-21(2,3)25/h7-8,12,15,18,25H,4-6,10,13-14,16H2,1-3H3. The van der Waals surface area contributed by atoms with Crippen LogP contribution in [0.3, 0.4) is 0 Å². The van der Waals surface area contributed by atoms with E-state index >= 15 is 0 Å². The maximum absolute atomic E-state index is 9.75. The molecule has 0 amide bonds. The van der Waals surface area contributed by atoms with Gasteiger partial charge in [0.2, 0.25) is 0 Å². The molecule has 1 saturated heterocycles. The molecule has 0 radical (unpaired) electrons. The second kappa shape index (κ2) is 8.39. The van der Waals surface area contributed by atoms with Gasteiger partial charge < -0.3 is 9.67 Å². The highest BCUT2D eigenvalue weighted by Crippen LogP contribution is 2.25. The van der Waals surface area contributed by atoms with Gasteiger partial charge in [0.15, 0.2) is 0 Å². The number of piperidine rings is 1. The van der Waals surface area contributed by atoms with Crippen LogP contribution in [-0.2, 0) is 13.1 Å². The van der Waals surface area contributed by atoms with E-state index in [0.29, 0.717) is 6.04 Å². The van der Waals surface area contributed by atoms with E-state index in [1.165, 1.54) is 37.1 Å². The Morgan fingerprint density at radius 2 is 2.19 bits per heavy atom. The highest BCUT2D eigenvalue weighted by molar-refractivity contribution is 7.12. The van der Waals surface area contributed by atoms with E-state index in [-0.39, 0.29) is 0 Å². The lowest BCUT2D eigenvalue weighted by Crippen LogP contribution is -2.39. The van der Waals surface area contributed by atoms with E-state index in [9.17, 15) is 5.11 Å². The molecule has 26 heavy (non-hydrogen) atoms. The Balaban J connectivity index is 1.60. The fourth-order valence-electron chi connectivity index (χ4n) is 3.47. The normalized spacial score (nSPS) is 18.5. The van der Waals surface area contributed by atoms with Gasteiger partial charge in [-0.3, -0.25) is 4.90 Å². The number of aliphatic hydroxyl groups is 1. The molecule has 1 fully saturated rings. The summed E-state index contributed by atoms with van der Waals surface area (Å²) in [4.78, 5) is 9.35. The van der Waals surface area contributed by atoms with E-state index < -0.39 is 5.60 Å². The Morgan fingerprint density at radius 3 is 2.92 bits per heavy atom. The van der Waals surface area contributed by atoms with Crippen molar-refractivity contribution in [2.75, 3.05) is 6.54 Å². The minimum atomic E-state index is -0.937. The first-order chi connectivity index (χ1) is 12.4. The zero-order valence-corrected chi connectivity index (χ0v) is 16.9. The number of nitrogens with zero attached hydrogens (tertiary/aromatic N) is 3. The summed E-state index contributed by atoms with van der Waals surface area (Å²) in [6.45, 7) is 8.72. The number of aryl methyl sites for hydroxylation is 2. The number of aromatic nitrogens is 2. The van der Waals surface area contributed by atoms with E-state index in [0.717, 1.165) is 23.8 Å². The number of imidazole rings is 1. The molecule has 1 N–H and O–H groups in total. The number of hydrogen-bond donors (Lipinski definition) is 1. The summed E-state index contributed by atoms with van der Waals surface area (Å²) in [5.74, 6) is 7.09. The maximum Gasteiger partial charge on any atom is 0.120 e. The van der Waals surface area contributed by atoms with Gasteiger partial charge in [0.1, 0.15) is 11.4 Å². The van der Waals surface area contributed by atoms with Gasteiger partial charge in [-0.2, -0.15) is 0 Å². The first-order valence-corrected chi connectivity index (χ1v) is 10.3. The van der Waals surface area contributed by atoms with Crippen LogP contribution < -0.4 is 0 Å². The van der Waals surface area contributed by atoms with Crippen molar-refractivity contribution in [3.63, 3.8) is 0 Å². The Hall–Kier alpha value is -1.61. The van der Waals surface area contributed by atoms with Crippen LogP contribution in [0.15, 0.2) is 24.5 Å². The molecule has 2 aromatic heterocycles. The molecule has 0 spiro atoms. The van der Waals surface area contributed by atoms with Crippen molar-refractivity contribution in [2.45, 2.75) is 71.2 Å². The second-order valence-corrected chi connectivity index (χ2v) is 8.82. The van der Waals surface area contributed by atoms with Crippen molar-refractivity contribution in [3.8, 4) is 11.8 Å². The van der Waals surface area contributed by atoms with Crippen LogP contribution in [0.5, 0.6) is 0 Å². The van der Waals surface area contributed by atoms with Gasteiger partial charge in [-0.15, -0.1) is 11.3 Å². The topological polar surface area (TPSA) is 41.3 Å². The van der Waals surface area contributed by atoms with E-state index in [1.807, 2.05) is 6.20 Å². The molecule has 1 aliphatic heterocycles. The molecule has 2 aromatic rings. The van der Waals surface area contributed by atoms with Crippen molar-refractivity contribution in [1.29, 1.82) is 0 Å². The molecule has 0 saturated carbocycles. The Bertz CT molecular complexity index is 775. The molecular formula is C21H29N3OS. The molecule has 5 heteroatoms. The molecule has 4 nitrogen and oxygen atoms in total. The van der Waals surface area contributed by atoms with Crippen LogP contribution in [0.25, 0.3) is 0 Å². The van der Waals surface area contributed by atoms with Crippen LogP contribution >= 0.6 is 11.3 Å². The van der Waals surface area contributed by atoms with Gasteiger partial charge in [-0.05, 0) is 58.7 Å². The summed E-state index contributed by atoms with van der Waals surface area (Å²) >= 11 is 1.75. The van der Waals surface area contributed by atoms with Gasteiger partial charge in [-0.1, -0.05) is 18.3 Å². The van der Waals surface area contributed by atoms with Gasteiger partial charge >= 0.3 is 0 Å². The predicted octanol–water partition coefficient (Wildman–Crippen LogP) is 3.82. The fraction of sp³-hybridized carbons (Fsp3) is 0.571. The van der Waals surface area contributed by atoms with Crippen LogP contribution in [0.4, 0.5) is 0 Å². The molecule has 1 aliphatic rings. The van der Waals surface area contributed by atoms with E-state index in [4.69, 9.17) is 0 Å². The second-order valence-electron chi connectivity index (χ2n) is 7.65. The van der Waals surface area contributed by atoms with Gasteiger partial charge in [0, 0.05) is 36.4 Å². The summed E-state index contributed by atoms with van der Waals surface area (Å²) in [6.07, 6.45) is 9.04. The number of hydrogen-bond acceptors (Lipinski definition) is 4. The lowest BCUT2D eigenvalue weighted by molar-refractivity contribution is 0.129. The van der Waals surface area contributed by atoms with Crippen LogP contribution in [-0.4, -0.2) is 37.7 Å². The van der Waals surface area contributed by atoms with Crippen LogP contribution in [0.2, 0.25) is 0 Å². The number of thiophene rings is 1. The minimum Gasteiger partial charge on any atom is -0.378 e. The summed E-state index contributed by atoms with van der Waals surface area (Å²) < 4.78 is 2.25. The van der Waals surface area contributed by atoms with Crippen molar-refractivity contribution in [1.82, 2.24) is 14.5 Å². The highest BCUT2D eigenvalue weighted by Gasteiger charge is 2.23. The number of rotatable bonds is 5. The third kappa shape index (κ3) is 5.44. The molecule has 3 heterocycles. The van der Waals surface area contributed by atoms with Gasteiger partial charge in [-0.25, -0.2) is 4.98 Å². The zero-order valence-electron chi connectivity index (χ0n) is 16.0. The van der Waals surface area contributed by atoms with Crippen LogP contribution in [0.1, 0.15) is 55.1 Å². The van der Waals surface area contributed by atoms with Crippen molar-refractivity contribution in [3.05, 3.63) is 40.1 Å². The molecule has 0 bridgehead atoms. The molecule has 1 atom stereocenters. The van der Waals surface area contributed by atoms with Gasteiger partial charge in [0.05, 0.1) is 4.88 Å². The lowest BCUT2D eigenvalue weighted by atomic mass is 9.99. The summed E-state index contributed by atoms with van der Waals surface area (Å²) in [7, 11) is 0. The zero-order chi connectivity index (χ0) is 18.6. The van der Waals surface area contributed by atoms with Gasteiger partial charge in [0.25, 0.3) is 0 Å². The Labute approximate surface area is 160 Å². The van der Waals surface area contributed by atoms with Crippen molar-refractivity contribution < 1.29 is 5.11 Å². The SMILES string of the molecule is Cc1nccn1CCC1CCCCN1Cc1ccc(C#CC(C)(C)O)s1. The first-order valence-electron chi connectivity index (χ1n) is 9.47. The summed E-state index contributed by atoms with van der Waals surface area (Å²) in [5, 5.41) is 9.75. The van der Waals surface area contributed by atoms with E-state index in [2.05, 4.69) is 51.5 Å². The van der Waals surface area contributed by atoms with E-state index in [1.54, 1.807) is 25.2 Å². The van der Waals surface area contributed by atoms with Crippen molar-refractivity contribution >= 4 is 11.3 Å². The average Bonchev–Trinajstić information content (AvgIpc) is 3.20. The lowest BCUT2D eigenvalue weighted by Gasteiger charge is -2.35. The maximum atomic E-state index is 9.75. The minimum absolute atomic E-state index is 0.638. The monoisotopic (exact) mass is 371 g/mol. The third-order valence-corrected chi connectivity index (χ3v) is 5.87. The van der Waals surface area contributed by atoms with Crippen molar-refractivity contribution in [2.24, 2.45) is 0 Å².